The zero-order valence-electron chi connectivity index (χ0n) is 9.06. The van der Waals surface area contributed by atoms with Crippen molar-refractivity contribution in [3.63, 3.8) is 0 Å². The first-order valence-electron chi connectivity index (χ1n) is 5.27. The lowest BCUT2D eigenvalue weighted by Crippen LogP contribution is -2.21. The van der Waals surface area contributed by atoms with Gasteiger partial charge in [-0.05, 0) is 43.0 Å². The maximum atomic E-state index is 12.5. The van der Waals surface area contributed by atoms with Crippen LogP contribution in [-0.4, -0.2) is 6.54 Å². The quantitative estimate of drug-likeness (QED) is 0.828. The molecule has 16 heavy (non-hydrogen) atoms. The molecule has 1 aliphatic rings. The Morgan fingerprint density at radius 1 is 1.31 bits per heavy atom. The van der Waals surface area contributed by atoms with E-state index in [1.54, 1.807) is 13.0 Å². The van der Waals surface area contributed by atoms with Crippen molar-refractivity contribution in [2.75, 3.05) is 6.54 Å². The van der Waals surface area contributed by atoms with E-state index in [4.69, 9.17) is 5.73 Å². The Kier molecular flexibility index (Phi) is 2.49. The van der Waals surface area contributed by atoms with Crippen LogP contribution >= 0.6 is 0 Å². The Morgan fingerprint density at radius 3 is 2.31 bits per heavy atom. The van der Waals surface area contributed by atoms with Crippen molar-refractivity contribution in [1.82, 2.24) is 0 Å². The topological polar surface area (TPSA) is 26.0 Å². The van der Waals surface area contributed by atoms with E-state index in [1.165, 1.54) is 6.07 Å². The molecule has 0 spiro atoms. The molecular weight excluding hydrogens is 215 g/mol. The van der Waals surface area contributed by atoms with Gasteiger partial charge in [0.25, 0.3) is 0 Å². The largest absolute Gasteiger partial charge is 0.416 e. The second kappa shape index (κ2) is 3.48. The average Bonchev–Trinajstić information content (AvgIpc) is 2.97. The molecule has 0 amide bonds. The van der Waals surface area contributed by atoms with Gasteiger partial charge in [-0.1, -0.05) is 6.07 Å². The van der Waals surface area contributed by atoms with Crippen LogP contribution in [-0.2, 0) is 11.6 Å². The summed E-state index contributed by atoms with van der Waals surface area (Å²) in [5.41, 5.74) is 6.71. The number of halogens is 3. The molecule has 0 aliphatic heterocycles. The maximum Gasteiger partial charge on any atom is 0.416 e. The SMILES string of the molecule is Cc1cc(C(F)(F)F)ccc1C1(CN)CC1. The smallest absolute Gasteiger partial charge is 0.330 e. The molecule has 0 aromatic heterocycles. The number of hydrogen-bond acceptors (Lipinski definition) is 1. The maximum absolute atomic E-state index is 12.5. The van der Waals surface area contributed by atoms with Gasteiger partial charge in [-0.2, -0.15) is 13.2 Å². The summed E-state index contributed by atoms with van der Waals surface area (Å²) in [4.78, 5) is 0. The first-order valence-corrected chi connectivity index (χ1v) is 5.27. The van der Waals surface area contributed by atoms with Crippen LogP contribution in [0.25, 0.3) is 0 Å². The molecule has 0 radical (unpaired) electrons. The molecular formula is C12H14F3N. The molecule has 88 valence electrons. The predicted octanol–water partition coefficient (Wildman–Crippen LogP) is 3.00. The molecule has 2 rings (SSSR count). The summed E-state index contributed by atoms with van der Waals surface area (Å²) in [5.74, 6) is 0. The number of alkyl halides is 3. The van der Waals surface area contributed by atoms with Crippen molar-refractivity contribution in [2.45, 2.75) is 31.4 Å². The van der Waals surface area contributed by atoms with E-state index in [0.29, 0.717) is 12.1 Å². The molecule has 0 atom stereocenters. The Balaban J connectivity index is 2.38. The fraction of sp³-hybridized carbons (Fsp3) is 0.500. The van der Waals surface area contributed by atoms with E-state index >= 15 is 0 Å². The van der Waals surface area contributed by atoms with Gasteiger partial charge < -0.3 is 5.73 Å². The monoisotopic (exact) mass is 229 g/mol. The minimum absolute atomic E-state index is 0.0474. The van der Waals surface area contributed by atoms with Crippen molar-refractivity contribution in [3.8, 4) is 0 Å². The highest BCUT2D eigenvalue weighted by atomic mass is 19.4. The number of rotatable bonds is 2. The van der Waals surface area contributed by atoms with Crippen LogP contribution in [0.1, 0.15) is 29.5 Å². The highest BCUT2D eigenvalue weighted by Gasteiger charge is 2.44. The van der Waals surface area contributed by atoms with Gasteiger partial charge in [0.2, 0.25) is 0 Å². The zero-order chi connectivity index (χ0) is 12.0. The summed E-state index contributed by atoms with van der Waals surface area (Å²) < 4.78 is 37.4. The highest BCUT2D eigenvalue weighted by molar-refractivity contribution is 5.41. The molecule has 0 heterocycles. The molecule has 4 heteroatoms. The normalized spacial score (nSPS) is 18.6. The predicted molar refractivity (Wildman–Crippen MR) is 56.1 cm³/mol. The van der Waals surface area contributed by atoms with Crippen LogP contribution in [0.15, 0.2) is 18.2 Å². The number of aryl methyl sites for hydroxylation is 1. The first-order chi connectivity index (χ1) is 7.39. The third-order valence-corrected chi connectivity index (χ3v) is 3.37. The summed E-state index contributed by atoms with van der Waals surface area (Å²) in [6.07, 6.45) is -2.30. The molecule has 1 aliphatic carbocycles. The lowest BCUT2D eigenvalue weighted by atomic mass is 9.91. The lowest BCUT2D eigenvalue weighted by Gasteiger charge is -2.17. The van der Waals surface area contributed by atoms with Crippen molar-refractivity contribution in [2.24, 2.45) is 5.73 Å². The minimum Gasteiger partial charge on any atom is -0.330 e. The number of benzene rings is 1. The third kappa shape index (κ3) is 1.82. The number of hydrogen-bond donors (Lipinski definition) is 1. The Bertz CT molecular complexity index is 405. The van der Waals surface area contributed by atoms with E-state index in [0.717, 1.165) is 24.5 Å². The van der Waals surface area contributed by atoms with E-state index < -0.39 is 11.7 Å². The van der Waals surface area contributed by atoms with Crippen LogP contribution < -0.4 is 5.73 Å². The molecule has 0 saturated heterocycles. The Labute approximate surface area is 92.5 Å². The van der Waals surface area contributed by atoms with Gasteiger partial charge in [0, 0.05) is 12.0 Å². The lowest BCUT2D eigenvalue weighted by molar-refractivity contribution is -0.137. The van der Waals surface area contributed by atoms with Crippen LogP contribution in [0.2, 0.25) is 0 Å². The molecule has 0 bridgehead atoms. The molecule has 2 N–H and O–H groups in total. The fourth-order valence-corrected chi connectivity index (χ4v) is 2.17. The number of nitrogens with two attached hydrogens (primary N) is 1. The summed E-state index contributed by atoms with van der Waals surface area (Å²) in [6.45, 7) is 2.24. The van der Waals surface area contributed by atoms with Gasteiger partial charge in [0.05, 0.1) is 5.56 Å². The van der Waals surface area contributed by atoms with Crippen LogP contribution in [0, 0.1) is 6.92 Å². The minimum atomic E-state index is -4.26. The molecule has 1 fully saturated rings. The van der Waals surface area contributed by atoms with E-state index in [-0.39, 0.29) is 5.41 Å². The van der Waals surface area contributed by atoms with Crippen LogP contribution in [0.4, 0.5) is 13.2 Å². The standard InChI is InChI=1S/C12H14F3N/c1-8-6-9(12(13,14)15)2-3-10(8)11(7-16)4-5-11/h2-3,6H,4-5,7,16H2,1H3. The summed E-state index contributed by atoms with van der Waals surface area (Å²) in [6, 6.07) is 3.95. The van der Waals surface area contributed by atoms with Crippen molar-refractivity contribution in [3.05, 3.63) is 34.9 Å². The van der Waals surface area contributed by atoms with E-state index in [1.807, 2.05) is 0 Å². The van der Waals surface area contributed by atoms with Gasteiger partial charge in [0.15, 0.2) is 0 Å². The molecule has 1 nitrogen and oxygen atoms in total. The average molecular weight is 229 g/mol. The molecule has 1 aromatic rings. The summed E-state index contributed by atoms with van der Waals surface area (Å²) in [7, 11) is 0. The van der Waals surface area contributed by atoms with Crippen molar-refractivity contribution >= 4 is 0 Å². The molecule has 1 saturated carbocycles. The van der Waals surface area contributed by atoms with Gasteiger partial charge in [-0.3, -0.25) is 0 Å². The molecule has 1 aromatic carbocycles. The van der Waals surface area contributed by atoms with Gasteiger partial charge >= 0.3 is 6.18 Å². The van der Waals surface area contributed by atoms with Gasteiger partial charge in [0.1, 0.15) is 0 Å². The summed E-state index contributed by atoms with van der Waals surface area (Å²) >= 11 is 0. The van der Waals surface area contributed by atoms with Crippen LogP contribution in [0.3, 0.4) is 0 Å². The van der Waals surface area contributed by atoms with E-state index in [9.17, 15) is 13.2 Å². The Morgan fingerprint density at radius 2 is 1.94 bits per heavy atom. The first kappa shape index (κ1) is 11.5. The Hall–Kier alpha value is -1.03. The van der Waals surface area contributed by atoms with Crippen LogP contribution in [0.5, 0.6) is 0 Å². The zero-order valence-corrected chi connectivity index (χ0v) is 9.06. The highest BCUT2D eigenvalue weighted by Crippen LogP contribution is 2.48. The van der Waals surface area contributed by atoms with E-state index in [2.05, 4.69) is 0 Å². The third-order valence-electron chi connectivity index (χ3n) is 3.37. The van der Waals surface area contributed by atoms with Crippen molar-refractivity contribution in [1.29, 1.82) is 0 Å². The second-order valence-corrected chi connectivity index (χ2v) is 4.51. The summed E-state index contributed by atoms with van der Waals surface area (Å²) in [5, 5.41) is 0. The van der Waals surface area contributed by atoms with Crippen molar-refractivity contribution < 1.29 is 13.2 Å². The molecule has 0 unspecified atom stereocenters. The van der Waals surface area contributed by atoms with Gasteiger partial charge in [-0.15, -0.1) is 0 Å². The fourth-order valence-electron chi connectivity index (χ4n) is 2.17. The van der Waals surface area contributed by atoms with Gasteiger partial charge in [-0.25, -0.2) is 0 Å². The second-order valence-electron chi connectivity index (χ2n) is 4.51.